The van der Waals surface area contributed by atoms with Crippen LogP contribution in [0.25, 0.3) is 0 Å². The van der Waals surface area contributed by atoms with Gasteiger partial charge in [0.15, 0.2) is 0 Å². The summed E-state index contributed by atoms with van der Waals surface area (Å²) in [5.41, 5.74) is 5.17. The Morgan fingerprint density at radius 2 is 2.00 bits per heavy atom. The maximum Gasteiger partial charge on any atom is 0.223 e. The Balaban J connectivity index is 2.67. The van der Waals surface area contributed by atoms with Crippen molar-refractivity contribution in [1.82, 2.24) is 0 Å². The molecule has 76 valence electrons. The number of hydrogen-bond donors (Lipinski definition) is 1. The van der Waals surface area contributed by atoms with E-state index in [1.54, 1.807) is 0 Å². The fourth-order valence-corrected chi connectivity index (χ4v) is 2.09. The summed E-state index contributed by atoms with van der Waals surface area (Å²) in [4.78, 5) is 11.4. The SMILES string of the molecule is CC(C)CC1(C(N)=O)CCOCC1. The Kier molecular flexibility index (Phi) is 3.31. The average molecular weight is 185 g/mol. The van der Waals surface area contributed by atoms with Gasteiger partial charge >= 0.3 is 0 Å². The lowest BCUT2D eigenvalue weighted by atomic mass is 9.73. The molecule has 0 aliphatic carbocycles. The Bertz CT molecular complexity index is 183. The quantitative estimate of drug-likeness (QED) is 0.720. The van der Waals surface area contributed by atoms with Gasteiger partial charge in [-0.15, -0.1) is 0 Å². The van der Waals surface area contributed by atoms with Gasteiger partial charge in [0, 0.05) is 13.2 Å². The molecule has 0 aromatic carbocycles. The van der Waals surface area contributed by atoms with Crippen molar-refractivity contribution in [3.63, 3.8) is 0 Å². The molecule has 0 unspecified atom stereocenters. The number of ether oxygens (including phenoxy) is 1. The monoisotopic (exact) mass is 185 g/mol. The molecule has 1 rings (SSSR count). The van der Waals surface area contributed by atoms with Gasteiger partial charge in [0.2, 0.25) is 5.91 Å². The smallest absolute Gasteiger partial charge is 0.223 e. The van der Waals surface area contributed by atoms with Crippen molar-refractivity contribution in [3.8, 4) is 0 Å². The lowest BCUT2D eigenvalue weighted by molar-refractivity contribution is -0.134. The highest BCUT2D eigenvalue weighted by Crippen LogP contribution is 2.36. The summed E-state index contributed by atoms with van der Waals surface area (Å²) >= 11 is 0. The Hall–Kier alpha value is -0.570. The van der Waals surface area contributed by atoms with Crippen LogP contribution in [0.15, 0.2) is 0 Å². The van der Waals surface area contributed by atoms with Crippen molar-refractivity contribution in [2.45, 2.75) is 33.1 Å². The van der Waals surface area contributed by atoms with Crippen LogP contribution in [0.3, 0.4) is 0 Å². The number of carbonyl (C=O) groups excluding carboxylic acids is 1. The largest absolute Gasteiger partial charge is 0.381 e. The fourth-order valence-electron chi connectivity index (χ4n) is 2.09. The van der Waals surface area contributed by atoms with Crippen LogP contribution in [0, 0.1) is 11.3 Å². The topological polar surface area (TPSA) is 52.3 Å². The van der Waals surface area contributed by atoms with E-state index in [1.165, 1.54) is 0 Å². The van der Waals surface area contributed by atoms with Crippen molar-refractivity contribution >= 4 is 5.91 Å². The molecule has 1 aliphatic rings. The van der Waals surface area contributed by atoms with Gasteiger partial charge in [0.05, 0.1) is 5.41 Å². The number of hydrogen-bond acceptors (Lipinski definition) is 2. The molecule has 3 nitrogen and oxygen atoms in total. The van der Waals surface area contributed by atoms with Crippen LogP contribution in [0.2, 0.25) is 0 Å². The molecule has 0 saturated carbocycles. The third-order valence-corrected chi connectivity index (χ3v) is 2.77. The van der Waals surface area contributed by atoms with E-state index in [1.807, 2.05) is 0 Å². The summed E-state index contributed by atoms with van der Waals surface area (Å²) in [7, 11) is 0. The fraction of sp³-hybridized carbons (Fsp3) is 0.900. The first-order valence-corrected chi connectivity index (χ1v) is 4.94. The summed E-state index contributed by atoms with van der Waals surface area (Å²) < 4.78 is 5.25. The molecule has 0 aromatic rings. The molecule has 0 spiro atoms. The minimum Gasteiger partial charge on any atom is -0.381 e. The first kappa shape index (κ1) is 10.5. The van der Waals surface area contributed by atoms with E-state index in [4.69, 9.17) is 10.5 Å². The molecule has 1 aliphatic heterocycles. The first-order valence-electron chi connectivity index (χ1n) is 4.94. The molecule has 0 atom stereocenters. The van der Waals surface area contributed by atoms with Crippen LogP contribution in [-0.2, 0) is 9.53 Å². The van der Waals surface area contributed by atoms with Gasteiger partial charge in [-0.3, -0.25) is 4.79 Å². The van der Waals surface area contributed by atoms with Crippen LogP contribution >= 0.6 is 0 Å². The zero-order valence-corrected chi connectivity index (χ0v) is 8.51. The van der Waals surface area contributed by atoms with E-state index in [2.05, 4.69) is 13.8 Å². The number of amides is 1. The van der Waals surface area contributed by atoms with Crippen molar-refractivity contribution in [2.75, 3.05) is 13.2 Å². The summed E-state index contributed by atoms with van der Waals surface area (Å²) in [6.07, 6.45) is 2.48. The Morgan fingerprint density at radius 1 is 1.46 bits per heavy atom. The molecule has 0 aromatic heterocycles. The minimum absolute atomic E-state index is 0.149. The summed E-state index contributed by atoms with van der Waals surface area (Å²) in [6, 6.07) is 0. The van der Waals surface area contributed by atoms with Gasteiger partial charge in [-0.1, -0.05) is 13.8 Å². The van der Waals surface area contributed by atoms with Gasteiger partial charge in [-0.2, -0.15) is 0 Å². The molecule has 0 radical (unpaired) electrons. The molecule has 1 saturated heterocycles. The van der Waals surface area contributed by atoms with Crippen LogP contribution < -0.4 is 5.73 Å². The highest BCUT2D eigenvalue weighted by molar-refractivity contribution is 5.80. The molecule has 13 heavy (non-hydrogen) atoms. The molecular weight excluding hydrogens is 166 g/mol. The molecule has 1 fully saturated rings. The van der Waals surface area contributed by atoms with Crippen LogP contribution in [0.4, 0.5) is 0 Å². The Labute approximate surface area is 79.6 Å². The van der Waals surface area contributed by atoms with Crippen LogP contribution in [-0.4, -0.2) is 19.1 Å². The Morgan fingerprint density at radius 3 is 2.38 bits per heavy atom. The predicted octanol–water partition coefficient (Wildman–Crippen LogP) is 1.31. The second-order valence-electron chi connectivity index (χ2n) is 4.35. The van der Waals surface area contributed by atoms with E-state index < -0.39 is 0 Å². The van der Waals surface area contributed by atoms with Crippen molar-refractivity contribution in [1.29, 1.82) is 0 Å². The van der Waals surface area contributed by atoms with Crippen molar-refractivity contribution in [3.05, 3.63) is 0 Å². The predicted molar refractivity (Wildman–Crippen MR) is 51.1 cm³/mol. The highest BCUT2D eigenvalue weighted by atomic mass is 16.5. The van der Waals surface area contributed by atoms with Gasteiger partial charge in [-0.25, -0.2) is 0 Å². The number of carbonyl (C=O) groups is 1. The maximum atomic E-state index is 11.4. The lowest BCUT2D eigenvalue weighted by Gasteiger charge is -2.35. The highest BCUT2D eigenvalue weighted by Gasteiger charge is 2.38. The van der Waals surface area contributed by atoms with E-state index in [9.17, 15) is 4.79 Å². The standard InChI is InChI=1S/C10H19NO2/c1-8(2)7-10(9(11)12)3-5-13-6-4-10/h8H,3-7H2,1-2H3,(H2,11,12). The third-order valence-electron chi connectivity index (χ3n) is 2.77. The molecule has 1 heterocycles. The molecule has 3 heteroatoms. The first-order chi connectivity index (χ1) is 6.07. The van der Waals surface area contributed by atoms with E-state index >= 15 is 0 Å². The second kappa shape index (κ2) is 4.09. The van der Waals surface area contributed by atoms with Gasteiger partial charge < -0.3 is 10.5 Å². The van der Waals surface area contributed by atoms with E-state index in [0.717, 1.165) is 19.3 Å². The number of primary amides is 1. The van der Waals surface area contributed by atoms with Crippen LogP contribution in [0.1, 0.15) is 33.1 Å². The van der Waals surface area contributed by atoms with Gasteiger partial charge in [0.1, 0.15) is 0 Å². The zero-order chi connectivity index (χ0) is 9.90. The summed E-state index contributed by atoms with van der Waals surface area (Å²) in [5, 5.41) is 0. The summed E-state index contributed by atoms with van der Waals surface area (Å²) in [5.74, 6) is 0.370. The van der Waals surface area contributed by atoms with Crippen molar-refractivity contribution < 1.29 is 9.53 Å². The van der Waals surface area contributed by atoms with Gasteiger partial charge in [0.25, 0.3) is 0 Å². The lowest BCUT2D eigenvalue weighted by Crippen LogP contribution is -2.42. The maximum absolute atomic E-state index is 11.4. The summed E-state index contributed by atoms with van der Waals surface area (Å²) in [6.45, 7) is 5.60. The van der Waals surface area contributed by atoms with E-state index in [-0.39, 0.29) is 11.3 Å². The van der Waals surface area contributed by atoms with Gasteiger partial charge in [-0.05, 0) is 25.2 Å². The normalized spacial score (nSPS) is 21.8. The van der Waals surface area contributed by atoms with E-state index in [0.29, 0.717) is 19.1 Å². The zero-order valence-electron chi connectivity index (χ0n) is 8.51. The minimum atomic E-state index is -0.285. The molecule has 2 N–H and O–H groups in total. The second-order valence-corrected chi connectivity index (χ2v) is 4.35. The van der Waals surface area contributed by atoms with Crippen LogP contribution in [0.5, 0.6) is 0 Å². The third kappa shape index (κ3) is 2.44. The molecule has 1 amide bonds. The number of rotatable bonds is 3. The number of nitrogens with two attached hydrogens (primary N) is 1. The van der Waals surface area contributed by atoms with Crippen molar-refractivity contribution in [2.24, 2.45) is 17.1 Å². The average Bonchev–Trinajstić information content (AvgIpc) is 2.04. The molecule has 0 bridgehead atoms. The molecular formula is C10H19NO2.